The molecule has 2 atom stereocenters. The second-order valence-corrected chi connectivity index (χ2v) is 9.34. The van der Waals surface area contributed by atoms with Crippen LogP contribution in [0, 0.1) is 12.3 Å². The normalized spacial score (nSPS) is 25.4. The molecule has 0 saturated carbocycles. The summed E-state index contributed by atoms with van der Waals surface area (Å²) < 4.78 is 13.3. The number of nitrogens with zero attached hydrogens (tertiary/aromatic N) is 7. The third kappa shape index (κ3) is 3.07. The summed E-state index contributed by atoms with van der Waals surface area (Å²) in [5.41, 5.74) is 3.98. The minimum Gasteiger partial charge on any atom is -0.356 e. The molecule has 164 valence electrons. The molecule has 3 aromatic rings. The van der Waals surface area contributed by atoms with Crippen molar-refractivity contribution in [3.8, 4) is 0 Å². The molecule has 3 aromatic heterocycles. The van der Waals surface area contributed by atoms with Crippen molar-refractivity contribution in [2.75, 3.05) is 24.6 Å². The maximum atomic E-state index is 5.98. The summed E-state index contributed by atoms with van der Waals surface area (Å²) in [7, 11) is 0. The van der Waals surface area contributed by atoms with Crippen molar-refractivity contribution >= 4 is 29.8 Å². The van der Waals surface area contributed by atoms with Crippen LogP contribution in [0.15, 0.2) is 18.5 Å². The number of hydrogen-bond donors (Lipinski definition) is 2. The van der Waals surface area contributed by atoms with Crippen LogP contribution in [0.25, 0.3) is 11.2 Å². The second kappa shape index (κ2) is 7.46. The van der Waals surface area contributed by atoms with Gasteiger partial charge in [0.2, 0.25) is 0 Å². The number of fused-ring (bicyclic) bond motifs is 2. The van der Waals surface area contributed by atoms with E-state index in [2.05, 4.69) is 38.3 Å². The first-order valence-electron chi connectivity index (χ1n) is 11.2. The molecule has 0 radical (unpaired) electrons. The fraction of sp³-hybridized carbons (Fsp3) is 0.619. The molecule has 31 heavy (non-hydrogen) atoms. The Morgan fingerprint density at radius 3 is 2.90 bits per heavy atom. The third-order valence-electron chi connectivity index (χ3n) is 7.32. The quantitative estimate of drug-likeness (QED) is 0.606. The molecule has 0 aliphatic carbocycles. The van der Waals surface area contributed by atoms with Gasteiger partial charge in [-0.15, -0.1) is 0 Å². The summed E-state index contributed by atoms with van der Waals surface area (Å²) >= 11 is 4.45. The highest BCUT2D eigenvalue weighted by Gasteiger charge is 2.48. The van der Waals surface area contributed by atoms with Gasteiger partial charge in [0.05, 0.1) is 23.6 Å². The van der Waals surface area contributed by atoms with E-state index in [0.29, 0.717) is 0 Å². The van der Waals surface area contributed by atoms with Crippen molar-refractivity contribution in [3.63, 3.8) is 0 Å². The summed E-state index contributed by atoms with van der Waals surface area (Å²) in [6, 6.07) is 2.33. The lowest BCUT2D eigenvalue weighted by Gasteiger charge is -2.42. The Labute approximate surface area is 186 Å². The van der Waals surface area contributed by atoms with Gasteiger partial charge in [-0.05, 0) is 45.1 Å². The molecule has 3 aliphatic heterocycles. The lowest BCUT2D eigenvalue weighted by molar-refractivity contribution is -0.0371. The van der Waals surface area contributed by atoms with Gasteiger partial charge in [0.15, 0.2) is 11.9 Å². The molecule has 2 saturated heterocycles. The first kappa shape index (κ1) is 19.5. The topological polar surface area (TPSA) is 85.9 Å². The van der Waals surface area contributed by atoms with E-state index in [0.717, 1.165) is 81.0 Å². The average molecular weight is 441 g/mol. The van der Waals surface area contributed by atoms with E-state index in [9.17, 15) is 0 Å². The number of piperidine rings is 1. The second-order valence-electron chi connectivity index (χ2n) is 9.08. The minimum atomic E-state index is -0.0397. The molecule has 0 aromatic carbocycles. The van der Waals surface area contributed by atoms with Crippen molar-refractivity contribution in [1.29, 1.82) is 0 Å². The van der Waals surface area contributed by atoms with E-state index in [1.807, 2.05) is 24.0 Å². The summed E-state index contributed by atoms with van der Waals surface area (Å²) in [5, 5.41) is 9.21. The van der Waals surface area contributed by atoms with Crippen LogP contribution in [-0.4, -0.2) is 49.2 Å². The Bertz CT molecular complexity index is 1100. The maximum absolute atomic E-state index is 5.98. The molecular weight excluding hydrogens is 412 g/mol. The smallest absolute Gasteiger partial charge is 0.181 e. The van der Waals surface area contributed by atoms with Crippen molar-refractivity contribution in [2.45, 2.75) is 57.8 Å². The highest BCUT2D eigenvalue weighted by atomic mass is 32.1. The third-order valence-corrected chi connectivity index (χ3v) is 7.58. The molecule has 6 heterocycles. The Kier molecular flexibility index (Phi) is 4.69. The molecule has 2 fully saturated rings. The number of rotatable bonds is 3. The van der Waals surface area contributed by atoms with Crippen LogP contribution >= 0.6 is 12.8 Å². The van der Waals surface area contributed by atoms with Gasteiger partial charge in [-0.25, -0.2) is 14.6 Å². The van der Waals surface area contributed by atoms with Gasteiger partial charge in [0, 0.05) is 37.9 Å². The van der Waals surface area contributed by atoms with Gasteiger partial charge in [-0.2, -0.15) is 10.2 Å². The number of aromatic nitrogens is 6. The fourth-order valence-electron chi connectivity index (χ4n) is 5.57. The van der Waals surface area contributed by atoms with Gasteiger partial charge in [0.25, 0.3) is 0 Å². The van der Waals surface area contributed by atoms with Crippen LogP contribution in [0.2, 0.25) is 0 Å². The number of nitrogens with one attached hydrogen (secondary N) is 1. The van der Waals surface area contributed by atoms with Crippen LogP contribution in [0.1, 0.15) is 55.8 Å². The zero-order chi connectivity index (χ0) is 21.0. The average Bonchev–Trinajstić information content (AvgIpc) is 3.46. The zero-order valence-corrected chi connectivity index (χ0v) is 18.6. The Morgan fingerprint density at radius 2 is 2.13 bits per heavy atom. The predicted octanol–water partition coefficient (Wildman–Crippen LogP) is 2.81. The lowest BCUT2D eigenvalue weighted by Crippen LogP contribution is -2.45. The van der Waals surface area contributed by atoms with E-state index in [1.54, 1.807) is 0 Å². The van der Waals surface area contributed by atoms with E-state index in [1.165, 1.54) is 5.69 Å². The lowest BCUT2D eigenvalue weighted by atomic mass is 9.73. The van der Waals surface area contributed by atoms with Crippen LogP contribution < -0.4 is 9.62 Å². The first-order chi connectivity index (χ1) is 15.2. The van der Waals surface area contributed by atoms with Crippen molar-refractivity contribution in [2.24, 2.45) is 5.41 Å². The predicted molar refractivity (Wildman–Crippen MR) is 120 cm³/mol. The zero-order valence-electron chi connectivity index (χ0n) is 17.7. The number of hydrogen-bond acceptors (Lipinski definition) is 8. The molecule has 1 spiro atoms. The summed E-state index contributed by atoms with van der Waals surface area (Å²) in [6.07, 6.45) is 9.09. The van der Waals surface area contributed by atoms with Crippen LogP contribution in [0.5, 0.6) is 0 Å². The molecule has 10 heteroatoms. The number of anilines is 1. The maximum Gasteiger partial charge on any atom is 0.181 e. The van der Waals surface area contributed by atoms with Crippen LogP contribution in [0.4, 0.5) is 5.82 Å². The Hall–Kier alpha value is -2.17. The van der Waals surface area contributed by atoms with E-state index < -0.39 is 0 Å². The molecule has 0 bridgehead atoms. The van der Waals surface area contributed by atoms with Gasteiger partial charge >= 0.3 is 0 Å². The Balaban J connectivity index is 1.25. The minimum absolute atomic E-state index is 0.0397. The van der Waals surface area contributed by atoms with Crippen molar-refractivity contribution in [1.82, 2.24) is 34.3 Å². The highest BCUT2D eigenvalue weighted by Crippen LogP contribution is 2.49. The molecule has 2 unspecified atom stereocenters. The summed E-state index contributed by atoms with van der Waals surface area (Å²) in [4.78, 5) is 12.1. The van der Waals surface area contributed by atoms with E-state index in [-0.39, 0.29) is 17.7 Å². The molecule has 0 amide bonds. The van der Waals surface area contributed by atoms with Gasteiger partial charge < -0.3 is 9.64 Å². The molecule has 3 aliphatic rings. The standard InChI is InChI=1S/C21H28N8OS/c1-14-18-20(29(25-14)17-4-2-3-11-30-17)24-16(12-22-18)27-9-6-21(7-10-27)13-28-15(5-8-23-28)19(21)26-31/h5,8,12,17,19,26,31H,2-4,6-7,9-11,13H2,1H3. The largest absolute Gasteiger partial charge is 0.356 e. The molecule has 6 rings (SSSR count). The number of thiol groups is 1. The highest BCUT2D eigenvalue weighted by molar-refractivity contribution is 7.78. The van der Waals surface area contributed by atoms with Crippen molar-refractivity contribution < 1.29 is 4.74 Å². The summed E-state index contributed by atoms with van der Waals surface area (Å²) in [6.45, 7) is 5.59. The SMILES string of the molecule is Cc1nn(C2CCCCO2)c2nc(N3CCC4(CC3)Cn3nccc3C4NS)cnc12. The van der Waals surface area contributed by atoms with Crippen molar-refractivity contribution in [3.05, 3.63) is 29.8 Å². The van der Waals surface area contributed by atoms with Gasteiger partial charge in [-0.1, -0.05) is 12.8 Å². The van der Waals surface area contributed by atoms with Gasteiger partial charge in [0.1, 0.15) is 11.3 Å². The summed E-state index contributed by atoms with van der Waals surface area (Å²) in [5.74, 6) is 0.922. The van der Waals surface area contributed by atoms with E-state index >= 15 is 0 Å². The molecule has 9 nitrogen and oxygen atoms in total. The number of aryl methyl sites for hydroxylation is 1. The first-order valence-corrected chi connectivity index (χ1v) is 11.6. The monoisotopic (exact) mass is 440 g/mol. The molecular formula is C21H28N8OS. The fourth-order valence-corrected chi connectivity index (χ4v) is 5.97. The van der Waals surface area contributed by atoms with Crippen LogP contribution in [-0.2, 0) is 11.3 Å². The Morgan fingerprint density at radius 1 is 1.26 bits per heavy atom. The number of ether oxygens (including phenoxy) is 1. The van der Waals surface area contributed by atoms with Gasteiger partial charge in [-0.3, -0.25) is 9.40 Å². The van der Waals surface area contributed by atoms with E-state index in [4.69, 9.17) is 19.8 Å². The van der Waals surface area contributed by atoms with Crippen LogP contribution in [0.3, 0.4) is 0 Å². The molecule has 1 N–H and O–H groups in total.